The van der Waals surface area contributed by atoms with Crippen LogP contribution in [0.3, 0.4) is 0 Å². The fourth-order valence-corrected chi connectivity index (χ4v) is 1.38. The summed E-state index contributed by atoms with van der Waals surface area (Å²) in [4.78, 5) is 0. The number of hydrogen-bond acceptors (Lipinski definition) is 0. The third kappa shape index (κ3) is 3.54. The van der Waals surface area contributed by atoms with Gasteiger partial charge in [-0.15, -0.1) is 0 Å². The Bertz CT molecular complexity index is 317. The molecule has 0 bridgehead atoms. The summed E-state index contributed by atoms with van der Waals surface area (Å²) in [7, 11) is 0. The SMILES string of the molecule is FC(F)(F)C(F)(F)C(F)(F)CC(F)(F)C(F)(F)CI. The van der Waals surface area contributed by atoms with Gasteiger partial charge in [0.05, 0.1) is 10.8 Å². The van der Waals surface area contributed by atoms with Crippen molar-refractivity contribution in [2.45, 2.75) is 36.3 Å². The van der Waals surface area contributed by atoms with Crippen molar-refractivity contribution in [1.29, 1.82) is 0 Å². The van der Waals surface area contributed by atoms with Gasteiger partial charge in [0.2, 0.25) is 0 Å². The molecule has 0 N–H and O–H groups in total. The third-order valence-electron chi connectivity index (χ3n) is 1.96. The second-order valence-corrected chi connectivity index (χ2v) is 4.26. The van der Waals surface area contributed by atoms with Crippen molar-refractivity contribution < 1.29 is 48.3 Å². The average molecular weight is 424 g/mol. The van der Waals surface area contributed by atoms with E-state index in [-0.39, 0.29) is 0 Å². The first kappa shape index (κ1) is 19.0. The first-order valence-corrected chi connectivity index (χ1v) is 5.68. The Labute approximate surface area is 112 Å². The van der Waals surface area contributed by atoms with E-state index in [0.717, 1.165) is 0 Å². The average Bonchev–Trinajstić information content (AvgIpc) is 2.13. The van der Waals surface area contributed by atoms with Gasteiger partial charge in [-0.1, -0.05) is 22.6 Å². The normalized spacial score (nSPS) is 15.8. The maximum atomic E-state index is 12.7. The molecule has 0 saturated carbocycles. The molecule has 0 atom stereocenters. The highest BCUT2D eigenvalue weighted by atomic mass is 127. The Hall–Kier alpha value is -0.0400. The van der Waals surface area contributed by atoms with Crippen LogP contribution in [0.2, 0.25) is 0 Å². The van der Waals surface area contributed by atoms with E-state index in [4.69, 9.17) is 0 Å². The van der Waals surface area contributed by atoms with Crippen LogP contribution in [0, 0.1) is 0 Å². The first-order chi connectivity index (χ1) is 8.02. The molecule has 0 aromatic rings. The standard InChI is InChI=1S/C7H4F11I/c8-3(9,5(12,13)2-19)1-4(10,11)6(14,15)7(16,17)18/h1-2H2. The molecule has 0 aromatic carbocycles. The van der Waals surface area contributed by atoms with Crippen LogP contribution in [0.4, 0.5) is 48.3 Å². The lowest BCUT2D eigenvalue weighted by Gasteiger charge is -2.33. The predicted octanol–water partition coefficient (Wildman–Crippen LogP) is 4.92. The largest absolute Gasteiger partial charge is 0.459 e. The van der Waals surface area contributed by atoms with Crippen LogP contribution in [0.1, 0.15) is 6.42 Å². The zero-order valence-corrected chi connectivity index (χ0v) is 10.6. The van der Waals surface area contributed by atoms with Gasteiger partial charge < -0.3 is 0 Å². The van der Waals surface area contributed by atoms with E-state index in [1.807, 2.05) is 0 Å². The lowest BCUT2D eigenvalue weighted by atomic mass is 10.00. The highest BCUT2D eigenvalue weighted by Crippen LogP contribution is 2.52. The maximum absolute atomic E-state index is 12.7. The van der Waals surface area contributed by atoms with Crippen LogP contribution >= 0.6 is 22.6 Å². The molecule has 0 aromatic heterocycles. The molecule has 0 nitrogen and oxygen atoms in total. The van der Waals surface area contributed by atoms with Gasteiger partial charge in [-0.25, -0.2) is 0 Å². The quantitative estimate of drug-likeness (QED) is 0.334. The Morgan fingerprint density at radius 2 is 0.947 bits per heavy atom. The fourth-order valence-electron chi connectivity index (χ4n) is 0.824. The van der Waals surface area contributed by atoms with Gasteiger partial charge in [-0.05, 0) is 0 Å². The molecule has 0 rings (SSSR count). The summed E-state index contributed by atoms with van der Waals surface area (Å²) < 4.78 is 133. The summed E-state index contributed by atoms with van der Waals surface area (Å²) in [5, 5.41) is 0. The molecule has 0 aliphatic heterocycles. The summed E-state index contributed by atoms with van der Waals surface area (Å²) in [5.74, 6) is -24.1. The van der Waals surface area contributed by atoms with Crippen LogP contribution in [0.15, 0.2) is 0 Å². The molecule has 0 aliphatic rings. The predicted molar refractivity (Wildman–Crippen MR) is 49.3 cm³/mol. The highest BCUT2D eigenvalue weighted by Gasteiger charge is 2.76. The van der Waals surface area contributed by atoms with E-state index in [1.165, 1.54) is 0 Å². The van der Waals surface area contributed by atoms with E-state index in [1.54, 1.807) is 0 Å². The minimum absolute atomic E-state index is 0.659. The van der Waals surface area contributed by atoms with Crippen molar-refractivity contribution in [3.63, 3.8) is 0 Å². The summed E-state index contributed by atoms with van der Waals surface area (Å²) in [6.07, 6.45) is -10.5. The molecule has 0 saturated heterocycles. The van der Waals surface area contributed by atoms with Crippen molar-refractivity contribution in [3.05, 3.63) is 0 Å². The Morgan fingerprint density at radius 1 is 0.579 bits per heavy atom. The molecular formula is C7H4F11I. The van der Waals surface area contributed by atoms with Crippen LogP contribution in [0.25, 0.3) is 0 Å². The topological polar surface area (TPSA) is 0 Å². The lowest BCUT2D eigenvalue weighted by Crippen LogP contribution is -2.56. The summed E-state index contributed by atoms with van der Waals surface area (Å²) in [6, 6.07) is 0. The van der Waals surface area contributed by atoms with Gasteiger partial charge in [0.25, 0.3) is 0 Å². The fraction of sp³-hybridized carbons (Fsp3) is 1.00. The van der Waals surface area contributed by atoms with Gasteiger partial charge >= 0.3 is 29.9 Å². The lowest BCUT2D eigenvalue weighted by molar-refractivity contribution is -0.369. The van der Waals surface area contributed by atoms with Crippen LogP contribution in [0.5, 0.6) is 0 Å². The zero-order valence-electron chi connectivity index (χ0n) is 8.45. The van der Waals surface area contributed by atoms with Crippen molar-refractivity contribution in [3.8, 4) is 0 Å². The van der Waals surface area contributed by atoms with Crippen molar-refractivity contribution in [1.82, 2.24) is 0 Å². The molecule has 0 amide bonds. The molecule has 12 heteroatoms. The highest BCUT2D eigenvalue weighted by molar-refractivity contribution is 14.1. The number of rotatable bonds is 5. The van der Waals surface area contributed by atoms with E-state index >= 15 is 0 Å². The van der Waals surface area contributed by atoms with Crippen LogP contribution in [-0.2, 0) is 0 Å². The van der Waals surface area contributed by atoms with E-state index in [9.17, 15) is 48.3 Å². The minimum atomic E-state index is -6.84. The van der Waals surface area contributed by atoms with Crippen molar-refractivity contribution in [2.75, 3.05) is 4.43 Å². The van der Waals surface area contributed by atoms with Crippen molar-refractivity contribution in [2.24, 2.45) is 0 Å². The smallest absolute Gasteiger partial charge is 0.200 e. The van der Waals surface area contributed by atoms with Gasteiger partial charge in [0.15, 0.2) is 0 Å². The van der Waals surface area contributed by atoms with Gasteiger partial charge in [-0.3, -0.25) is 0 Å². The maximum Gasteiger partial charge on any atom is 0.459 e. The molecule has 116 valence electrons. The van der Waals surface area contributed by atoms with Gasteiger partial charge in [0, 0.05) is 0 Å². The Morgan fingerprint density at radius 3 is 1.21 bits per heavy atom. The zero-order chi connectivity index (χ0) is 15.9. The molecule has 0 heterocycles. The molecule has 19 heavy (non-hydrogen) atoms. The molecule has 0 unspecified atom stereocenters. The molecule has 0 radical (unpaired) electrons. The summed E-state index contributed by atoms with van der Waals surface area (Å²) in [5.41, 5.74) is 0. The van der Waals surface area contributed by atoms with Crippen LogP contribution < -0.4 is 0 Å². The number of hydrogen-bond donors (Lipinski definition) is 0. The second-order valence-electron chi connectivity index (χ2n) is 3.50. The second kappa shape index (κ2) is 5.06. The van der Waals surface area contributed by atoms with E-state index < -0.39 is 40.7 Å². The molecular weight excluding hydrogens is 420 g/mol. The number of halogens is 12. The summed E-state index contributed by atoms with van der Waals surface area (Å²) in [6.45, 7) is 0. The third-order valence-corrected chi connectivity index (χ3v) is 2.92. The minimum Gasteiger partial charge on any atom is -0.200 e. The van der Waals surface area contributed by atoms with Crippen molar-refractivity contribution >= 4 is 22.6 Å². The molecule has 0 spiro atoms. The van der Waals surface area contributed by atoms with Crippen LogP contribution in [-0.4, -0.2) is 34.3 Å². The Kier molecular flexibility index (Phi) is 5.05. The monoisotopic (exact) mass is 424 g/mol. The molecule has 0 fully saturated rings. The summed E-state index contributed by atoms with van der Waals surface area (Å²) >= 11 is 0.659. The van der Waals surface area contributed by atoms with Gasteiger partial charge in [-0.2, -0.15) is 48.3 Å². The van der Waals surface area contributed by atoms with Gasteiger partial charge in [0.1, 0.15) is 0 Å². The Balaban J connectivity index is 5.39. The van der Waals surface area contributed by atoms with E-state index in [2.05, 4.69) is 0 Å². The van der Waals surface area contributed by atoms with E-state index in [0.29, 0.717) is 22.6 Å². The number of alkyl halides is 12. The first-order valence-electron chi connectivity index (χ1n) is 4.16. The molecule has 0 aliphatic carbocycles.